The van der Waals surface area contributed by atoms with E-state index in [1.807, 2.05) is 12.1 Å². The van der Waals surface area contributed by atoms with Gasteiger partial charge in [-0.2, -0.15) is 0 Å². The van der Waals surface area contributed by atoms with Crippen LogP contribution in [0.2, 0.25) is 0 Å². The lowest BCUT2D eigenvalue weighted by atomic mass is 9.96. The Balaban J connectivity index is 1.41. The fourth-order valence-corrected chi connectivity index (χ4v) is 4.28. The fraction of sp³-hybridized carbons (Fsp3) is 0.238. The molecule has 0 saturated heterocycles. The third-order valence-corrected chi connectivity index (χ3v) is 6.26. The lowest BCUT2D eigenvalue weighted by Crippen LogP contribution is -2.36. The van der Waals surface area contributed by atoms with Crippen molar-refractivity contribution in [2.24, 2.45) is 0 Å². The number of aromatic nitrogens is 2. The fourth-order valence-electron chi connectivity index (χ4n) is 3.46. The number of rotatable bonds is 5. The van der Waals surface area contributed by atoms with Crippen molar-refractivity contribution in [2.75, 3.05) is 11.9 Å². The molecule has 0 radical (unpaired) electrons. The normalized spacial score (nSPS) is 13.1. The highest BCUT2D eigenvalue weighted by atomic mass is 79.9. The molecule has 1 N–H and O–H groups in total. The third-order valence-electron chi connectivity index (χ3n) is 5.07. The first kappa shape index (κ1) is 20.6. The molecule has 0 bridgehead atoms. The molecule has 2 aromatic carbocycles. The monoisotopic (exact) mass is 488 g/mol. The van der Waals surface area contributed by atoms with E-state index in [0.717, 1.165) is 29.1 Å². The molecule has 0 saturated carbocycles. The summed E-state index contributed by atoms with van der Waals surface area (Å²) in [5, 5.41) is 7.04. The zero-order valence-corrected chi connectivity index (χ0v) is 18.3. The maximum Gasteiger partial charge on any atom is 0.256 e. The van der Waals surface area contributed by atoms with E-state index in [1.165, 1.54) is 6.20 Å². The largest absolute Gasteiger partial charge is 0.338 e. The van der Waals surface area contributed by atoms with Gasteiger partial charge in [0.15, 0.2) is 0 Å². The molecular weight excluding hydrogens is 471 g/mol. The molecule has 2 amide bonds. The second-order valence-electron chi connectivity index (χ2n) is 7.00. The Morgan fingerprint density at radius 1 is 1.23 bits per heavy atom. The molecule has 0 unspecified atom stereocenters. The van der Waals surface area contributed by atoms with Gasteiger partial charge in [-0.3, -0.25) is 9.59 Å². The molecule has 30 heavy (non-hydrogen) atoms. The number of aryl methyl sites for hydroxylation is 1. The first-order valence-corrected chi connectivity index (χ1v) is 11.0. The quantitative estimate of drug-likeness (QED) is 0.583. The Bertz CT molecular complexity index is 1090. The van der Waals surface area contributed by atoms with Crippen molar-refractivity contribution in [3.05, 3.63) is 75.1 Å². The lowest BCUT2D eigenvalue weighted by molar-refractivity contribution is -0.132. The van der Waals surface area contributed by atoms with Crippen LogP contribution >= 0.6 is 27.5 Å². The van der Waals surface area contributed by atoms with Crippen LogP contribution < -0.4 is 5.32 Å². The molecule has 0 aliphatic carbocycles. The zero-order valence-electron chi connectivity index (χ0n) is 15.9. The predicted octanol–water partition coefficient (Wildman–Crippen LogP) is 4.21. The number of amides is 2. The summed E-state index contributed by atoms with van der Waals surface area (Å²) in [4.78, 5) is 26.9. The van der Waals surface area contributed by atoms with Crippen molar-refractivity contribution < 1.29 is 14.0 Å². The van der Waals surface area contributed by atoms with Crippen LogP contribution in [0.5, 0.6) is 0 Å². The molecule has 2 heterocycles. The maximum absolute atomic E-state index is 14.1. The smallest absolute Gasteiger partial charge is 0.256 e. The molecule has 4 rings (SSSR count). The van der Waals surface area contributed by atoms with Gasteiger partial charge in [0.25, 0.3) is 5.91 Å². The summed E-state index contributed by atoms with van der Waals surface area (Å²) >= 11 is 4.28. The van der Waals surface area contributed by atoms with Gasteiger partial charge in [0.2, 0.25) is 5.91 Å². The van der Waals surface area contributed by atoms with E-state index in [9.17, 15) is 14.0 Å². The molecule has 1 aliphatic rings. The number of carbonyl (C=O) groups excluding carboxylic acids is 2. The maximum atomic E-state index is 14.1. The minimum absolute atomic E-state index is 0.0226. The third kappa shape index (κ3) is 4.57. The van der Waals surface area contributed by atoms with E-state index >= 15 is 0 Å². The first-order chi connectivity index (χ1) is 14.5. The van der Waals surface area contributed by atoms with Gasteiger partial charge in [-0.15, -0.1) is 5.10 Å². The molecule has 0 spiro atoms. The Labute approximate surface area is 185 Å². The second kappa shape index (κ2) is 9.01. The van der Waals surface area contributed by atoms with Crippen LogP contribution in [0.3, 0.4) is 0 Å². The number of halogens is 2. The summed E-state index contributed by atoms with van der Waals surface area (Å²) in [7, 11) is 0. The van der Waals surface area contributed by atoms with Crippen molar-refractivity contribution in [2.45, 2.75) is 25.8 Å². The molecule has 0 fully saturated rings. The highest BCUT2D eigenvalue weighted by Gasteiger charge is 2.22. The van der Waals surface area contributed by atoms with E-state index in [-0.39, 0.29) is 24.1 Å². The van der Waals surface area contributed by atoms with Gasteiger partial charge in [-0.1, -0.05) is 22.7 Å². The van der Waals surface area contributed by atoms with E-state index in [4.69, 9.17) is 0 Å². The first-order valence-electron chi connectivity index (χ1n) is 9.42. The van der Waals surface area contributed by atoms with Gasteiger partial charge in [0.05, 0.1) is 10.7 Å². The van der Waals surface area contributed by atoms with Crippen LogP contribution in [0.1, 0.15) is 33.5 Å². The minimum atomic E-state index is -0.318. The van der Waals surface area contributed by atoms with Gasteiger partial charge < -0.3 is 10.2 Å². The van der Waals surface area contributed by atoms with Crippen LogP contribution in [0.15, 0.2) is 47.1 Å². The van der Waals surface area contributed by atoms with Crippen LogP contribution in [-0.4, -0.2) is 32.8 Å². The summed E-state index contributed by atoms with van der Waals surface area (Å²) < 4.78 is 18.3. The molecular formula is C21H18BrFN4O2S. The van der Waals surface area contributed by atoms with Crippen LogP contribution in [0.25, 0.3) is 0 Å². The highest BCUT2D eigenvalue weighted by Crippen LogP contribution is 2.24. The predicted molar refractivity (Wildman–Crippen MR) is 116 cm³/mol. The molecule has 1 aliphatic heterocycles. The van der Waals surface area contributed by atoms with E-state index in [1.54, 1.807) is 29.2 Å². The number of nitrogens with one attached hydrogen (secondary N) is 1. The van der Waals surface area contributed by atoms with E-state index in [2.05, 4.69) is 30.8 Å². The Morgan fingerprint density at radius 2 is 2.10 bits per heavy atom. The number of nitrogens with zero attached hydrogens (tertiary/aromatic N) is 3. The summed E-state index contributed by atoms with van der Waals surface area (Å²) in [6.45, 7) is 1.06. The minimum Gasteiger partial charge on any atom is -0.338 e. The lowest BCUT2D eigenvalue weighted by Gasteiger charge is -2.29. The number of fused-ring (bicyclic) bond motifs is 1. The summed E-state index contributed by atoms with van der Waals surface area (Å²) in [5.74, 6) is -0.580. The number of carbonyl (C=O) groups is 2. The van der Waals surface area contributed by atoms with Crippen molar-refractivity contribution in [3.63, 3.8) is 0 Å². The standard InChI is InChI=1S/C21H18BrFN4O2S/c22-17-3-1-2-14(20(17)23)6-7-19(28)27-9-8-13-4-5-15(10-16(13)12-27)21(29)25-18-11-24-26-30-18/h1-5,10-11H,6-9,12H2,(H,25,29). The molecule has 154 valence electrons. The van der Waals surface area contributed by atoms with Crippen molar-refractivity contribution in [1.82, 2.24) is 14.5 Å². The molecule has 3 aromatic rings. The van der Waals surface area contributed by atoms with Crippen LogP contribution in [0.4, 0.5) is 9.39 Å². The van der Waals surface area contributed by atoms with Crippen molar-refractivity contribution in [1.29, 1.82) is 0 Å². The van der Waals surface area contributed by atoms with Gasteiger partial charge in [0, 0.05) is 36.6 Å². The second-order valence-corrected chi connectivity index (χ2v) is 8.64. The number of hydrogen-bond donors (Lipinski definition) is 1. The summed E-state index contributed by atoms with van der Waals surface area (Å²) in [5.41, 5.74) is 3.13. The SMILES string of the molecule is O=C(Nc1cnns1)c1ccc2c(c1)CN(C(=O)CCc1cccc(Br)c1F)CC2. The van der Waals surface area contributed by atoms with Gasteiger partial charge >= 0.3 is 0 Å². The van der Waals surface area contributed by atoms with Gasteiger partial charge in [-0.05, 0) is 63.7 Å². The highest BCUT2D eigenvalue weighted by molar-refractivity contribution is 9.10. The van der Waals surface area contributed by atoms with Gasteiger partial charge in [0.1, 0.15) is 10.8 Å². The van der Waals surface area contributed by atoms with Crippen LogP contribution in [0, 0.1) is 5.82 Å². The Kier molecular flexibility index (Phi) is 6.19. The number of hydrogen-bond acceptors (Lipinski definition) is 5. The average molecular weight is 489 g/mol. The summed E-state index contributed by atoms with van der Waals surface area (Å²) in [6.07, 6.45) is 2.81. The van der Waals surface area contributed by atoms with Crippen molar-refractivity contribution in [3.8, 4) is 0 Å². The number of anilines is 1. The summed E-state index contributed by atoms with van der Waals surface area (Å²) in [6, 6.07) is 10.7. The molecule has 6 nitrogen and oxygen atoms in total. The molecule has 9 heteroatoms. The van der Waals surface area contributed by atoms with E-state index < -0.39 is 0 Å². The van der Waals surface area contributed by atoms with Crippen molar-refractivity contribution >= 4 is 44.3 Å². The van der Waals surface area contributed by atoms with Gasteiger partial charge in [-0.25, -0.2) is 4.39 Å². The Hall–Kier alpha value is -2.65. The molecule has 0 atom stereocenters. The average Bonchev–Trinajstić information content (AvgIpc) is 3.26. The van der Waals surface area contributed by atoms with E-state index in [0.29, 0.717) is 40.1 Å². The topological polar surface area (TPSA) is 75.2 Å². The zero-order chi connectivity index (χ0) is 21.1. The molecule has 1 aromatic heterocycles. The Morgan fingerprint density at radius 3 is 2.90 bits per heavy atom. The van der Waals surface area contributed by atoms with Crippen LogP contribution in [-0.2, 0) is 24.2 Å². The number of benzene rings is 2.